The van der Waals surface area contributed by atoms with E-state index in [1.54, 1.807) is 6.92 Å². The highest BCUT2D eigenvalue weighted by Crippen LogP contribution is 2.23. The normalized spacial score (nSPS) is 20.8. The van der Waals surface area contributed by atoms with Crippen LogP contribution in [0.4, 0.5) is 10.5 Å². The second-order valence-electron chi connectivity index (χ2n) is 4.56. The van der Waals surface area contributed by atoms with E-state index in [0.29, 0.717) is 10.7 Å². The van der Waals surface area contributed by atoms with Gasteiger partial charge < -0.3 is 9.84 Å². The lowest BCUT2D eigenvalue weighted by atomic mass is 9.99. The molecule has 0 saturated carbocycles. The molecule has 2 unspecified atom stereocenters. The first-order valence-electron chi connectivity index (χ1n) is 6.65. The molecule has 0 bridgehead atoms. The Morgan fingerprint density at radius 3 is 2.57 bits per heavy atom. The lowest BCUT2D eigenvalue weighted by molar-refractivity contribution is -0.384. The van der Waals surface area contributed by atoms with Crippen LogP contribution in [0, 0.1) is 10.1 Å². The summed E-state index contributed by atoms with van der Waals surface area (Å²) >= 11 is 0. The van der Waals surface area contributed by atoms with Crippen molar-refractivity contribution in [1.29, 1.82) is 0 Å². The van der Waals surface area contributed by atoms with Crippen LogP contribution < -0.4 is 16.4 Å². The van der Waals surface area contributed by atoms with Crippen molar-refractivity contribution in [2.75, 3.05) is 6.61 Å². The topological polar surface area (TPSA) is 146 Å². The van der Waals surface area contributed by atoms with Crippen molar-refractivity contribution in [2.45, 2.75) is 19.0 Å². The Balaban J connectivity index is 2.28. The van der Waals surface area contributed by atoms with Gasteiger partial charge in [-0.25, -0.2) is 15.6 Å². The highest BCUT2D eigenvalue weighted by molar-refractivity contribution is 5.77. The zero-order valence-corrected chi connectivity index (χ0v) is 12.1. The number of hydrogen-bond acceptors (Lipinski definition) is 8. The molecule has 1 heterocycles. The van der Waals surface area contributed by atoms with Crippen molar-refractivity contribution in [1.82, 2.24) is 21.5 Å². The van der Waals surface area contributed by atoms with Crippen LogP contribution in [0.2, 0.25) is 0 Å². The Bertz CT molecular complexity index is 606. The minimum atomic E-state index is -1.33. The molecule has 2 atom stereocenters. The zero-order valence-electron chi connectivity index (χ0n) is 12.1. The van der Waals surface area contributed by atoms with Gasteiger partial charge in [-0.1, -0.05) is 12.1 Å². The largest absolute Gasteiger partial charge is 0.465 e. The number of benzene rings is 1. The van der Waals surface area contributed by atoms with Crippen molar-refractivity contribution in [3.8, 4) is 0 Å². The van der Waals surface area contributed by atoms with Crippen molar-refractivity contribution in [2.24, 2.45) is 0 Å². The predicted molar refractivity (Wildman–Crippen MR) is 75.5 cm³/mol. The number of non-ortho nitro benzene ring substituents is 1. The number of nitrogens with zero attached hydrogens (tertiary/aromatic N) is 2. The number of carboxylic acid groups (broad SMARTS) is 1. The number of esters is 1. The van der Waals surface area contributed by atoms with Crippen LogP contribution >= 0.6 is 0 Å². The SMILES string of the molecule is CCOC(=O)C1NNN(C(=O)O)NC1c1ccc([N+](=O)[O-])cc1. The van der Waals surface area contributed by atoms with E-state index >= 15 is 0 Å². The third-order valence-corrected chi connectivity index (χ3v) is 3.13. The molecule has 0 aromatic heterocycles. The van der Waals surface area contributed by atoms with E-state index in [1.165, 1.54) is 24.3 Å². The van der Waals surface area contributed by atoms with Gasteiger partial charge in [-0.2, -0.15) is 5.12 Å². The monoisotopic (exact) mass is 325 g/mol. The average Bonchev–Trinajstić information content (AvgIpc) is 2.54. The second kappa shape index (κ2) is 7.00. The highest BCUT2D eigenvalue weighted by Gasteiger charge is 2.37. The van der Waals surface area contributed by atoms with Gasteiger partial charge in [0.05, 0.1) is 17.6 Å². The van der Waals surface area contributed by atoms with Crippen LogP contribution in [0.15, 0.2) is 24.3 Å². The van der Waals surface area contributed by atoms with Gasteiger partial charge in [0.1, 0.15) is 6.04 Å². The maximum atomic E-state index is 12.0. The Kier molecular flexibility index (Phi) is 5.05. The van der Waals surface area contributed by atoms with E-state index in [4.69, 9.17) is 9.84 Å². The Hall–Kier alpha value is -2.76. The number of hydrogen-bond donors (Lipinski definition) is 4. The van der Waals surface area contributed by atoms with Crippen molar-refractivity contribution >= 4 is 17.7 Å². The maximum absolute atomic E-state index is 12.0. The summed E-state index contributed by atoms with van der Waals surface area (Å²) in [5, 5.41) is 20.3. The highest BCUT2D eigenvalue weighted by atomic mass is 16.6. The van der Waals surface area contributed by atoms with Gasteiger partial charge in [0, 0.05) is 12.1 Å². The standard InChI is InChI=1S/C12H15N5O6/c1-2-23-11(18)10-9(14-16(12(19)20)15-13-10)7-3-5-8(6-4-7)17(21)22/h3-6,9-10,13-15H,2H2,1H3,(H,19,20). The van der Waals surface area contributed by atoms with Crippen molar-refractivity contribution in [3.05, 3.63) is 39.9 Å². The first-order chi connectivity index (χ1) is 10.9. The molecular formula is C12H15N5O6. The number of rotatable bonds is 4. The third-order valence-electron chi connectivity index (χ3n) is 3.13. The number of ether oxygens (including phenoxy) is 1. The van der Waals surface area contributed by atoms with Gasteiger partial charge in [0.15, 0.2) is 0 Å². The van der Waals surface area contributed by atoms with E-state index in [-0.39, 0.29) is 12.3 Å². The number of hydrazine groups is 3. The van der Waals surface area contributed by atoms with Crippen LogP contribution in [0.25, 0.3) is 0 Å². The van der Waals surface area contributed by atoms with Crippen LogP contribution in [0.1, 0.15) is 18.5 Å². The number of amides is 1. The lowest BCUT2D eigenvalue weighted by Gasteiger charge is -2.37. The molecule has 23 heavy (non-hydrogen) atoms. The summed E-state index contributed by atoms with van der Waals surface area (Å²) < 4.78 is 4.94. The van der Waals surface area contributed by atoms with Crippen LogP contribution in [0.5, 0.6) is 0 Å². The van der Waals surface area contributed by atoms with Crippen LogP contribution in [0.3, 0.4) is 0 Å². The molecule has 0 aliphatic carbocycles. The van der Waals surface area contributed by atoms with Gasteiger partial charge in [-0.15, -0.1) is 5.53 Å². The molecule has 0 spiro atoms. The molecule has 1 aromatic carbocycles. The lowest BCUT2D eigenvalue weighted by Crippen LogP contribution is -2.69. The minimum absolute atomic E-state index is 0.113. The fourth-order valence-corrected chi connectivity index (χ4v) is 2.06. The fraction of sp³-hybridized carbons (Fsp3) is 0.333. The summed E-state index contributed by atoms with van der Waals surface area (Å²) in [7, 11) is 0. The molecule has 1 aliphatic rings. The second-order valence-corrected chi connectivity index (χ2v) is 4.56. The van der Waals surface area contributed by atoms with Crippen molar-refractivity contribution in [3.63, 3.8) is 0 Å². The molecule has 1 amide bonds. The third kappa shape index (κ3) is 3.71. The summed E-state index contributed by atoms with van der Waals surface area (Å²) in [4.78, 5) is 33.2. The van der Waals surface area contributed by atoms with Crippen LogP contribution in [-0.2, 0) is 9.53 Å². The maximum Gasteiger partial charge on any atom is 0.438 e. The molecule has 11 heteroatoms. The van der Waals surface area contributed by atoms with Gasteiger partial charge >= 0.3 is 12.1 Å². The van der Waals surface area contributed by atoms with E-state index < -0.39 is 29.1 Å². The van der Waals surface area contributed by atoms with E-state index in [2.05, 4.69) is 16.4 Å². The zero-order chi connectivity index (χ0) is 17.0. The number of carbonyl (C=O) groups excluding carboxylic acids is 1. The Labute approximate surface area is 130 Å². The summed E-state index contributed by atoms with van der Waals surface area (Å²) in [6.45, 7) is 1.80. The number of nitro benzene ring substituents is 1. The molecule has 2 rings (SSSR count). The first-order valence-corrected chi connectivity index (χ1v) is 6.65. The molecule has 4 N–H and O–H groups in total. The van der Waals surface area contributed by atoms with E-state index in [0.717, 1.165) is 0 Å². The van der Waals surface area contributed by atoms with E-state index in [9.17, 15) is 19.7 Å². The summed E-state index contributed by atoms with van der Waals surface area (Å²) in [6.07, 6.45) is -1.33. The number of carbonyl (C=O) groups is 2. The molecule has 1 aliphatic heterocycles. The molecule has 0 radical (unpaired) electrons. The van der Waals surface area contributed by atoms with Gasteiger partial charge in [-0.3, -0.25) is 14.9 Å². The molecule has 1 fully saturated rings. The van der Waals surface area contributed by atoms with Gasteiger partial charge in [0.25, 0.3) is 5.69 Å². The van der Waals surface area contributed by atoms with Crippen molar-refractivity contribution < 1.29 is 24.4 Å². The summed E-state index contributed by atoms with van der Waals surface area (Å²) in [6, 6.07) is 3.70. The van der Waals surface area contributed by atoms with Crippen LogP contribution in [-0.4, -0.2) is 39.9 Å². The number of nitro groups is 1. The smallest absolute Gasteiger partial charge is 0.438 e. The Morgan fingerprint density at radius 1 is 1.39 bits per heavy atom. The number of nitrogens with one attached hydrogen (secondary N) is 3. The first kappa shape index (κ1) is 16.6. The molecular weight excluding hydrogens is 310 g/mol. The molecule has 124 valence electrons. The van der Waals surface area contributed by atoms with Gasteiger partial charge in [-0.05, 0) is 12.5 Å². The summed E-state index contributed by atoms with van der Waals surface area (Å²) in [5.41, 5.74) is 7.81. The van der Waals surface area contributed by atoms with Gasteiger partial charge in [0.2, 0.25) is 0 Å². The molecule has 1 aromatic rings. The minimum Gasteiger partial charge on any atom is -0.465 e. The summed E-state index contributed by atoms with van der Waals surface area (Å²) in [5.74, 6) is -0.596. The molecule has 1 saturated heterocycles. The molecule has 11 nitrogen and oxygen atoms in total. The predicted octanol–water partition coefficient (Wildman–Crippen LogP) is 0.0750. The quantitative estimate of drug-likeness (QED) is 0.343. The van der Waals surface area contributed by atoms with E-state index in [1.807, 2.05) is 0 Å². The fourth-order valence-electron chi connectivity index (χ4n) is 2.06. The Morgan fingerprint density at radius 2 is 2.04 bits per heavy atom. The average molecular weight is 325 g/mol.